The number of aryl methyl sites for hydroxylation is 2. The molecule has 3 aromatic heterocycles. The van der Waals surface area contributed by atoms with Gasteiger partial charge in [-0.05, 0) is 69.9 Å². The Balaban J connectivity index is 0.00000486. The van der Waals surface area contributed by atoms with Gasteiger partial charge in [0.1, 0.15) is 17.9 Å². The minimum Gasteiger partial charge on any atom is -0.478 e. The third-order valence-electron chi connectivity index (χ3n) is 7.98. The summed E-state index contributed by atoms with van der Waals surface area (Å²) in [6, 6.07) is 14.2. The molecule has 3 N–H and O–H groups in total. The first-order valence-corrected chi connectivity index (χ1v) is 17.5. The van der Waals surface area contributed by atoms with Gasteiger partial charge in [-0.3, -0.25) is 0 Å². The Hall–Kier alpha value is -4.63. The molecule has 0 aliphatic heterocycles. The highest BCUT2D eigenvalue weighted by molar-refractivity contribution is 7.92. The lowest BCUT2D eigenvalue weighted by molar-refractivity contribution is 0.0491. The summed E-state index contributed by atoms with van der Waals surface area (Å²) in [4.78, 5) is 29.3. The van der Waals surface area contributed by atoms with Crippen molar-refractivity contribution in [2.45, 2.75) is 70.0 Å². The van der Waals surface area contributed by atoms with E-state index in [-0.39, 0.29) is 53.4 Å². The van der Waals surface area contributed by atoms with E-state index < -0.39 is 16.0 Å². The minimum absolute atomic E-state index is 0. The fraction of sp³-hybridized carbons (Fsp3) is 0.343. The molecule has 264 valence electrons. The van der Waals surface area contributed by atoms with Gasteiger partial charge in [-0.15, -0.1) is 12.4 Å². The molecule has 2 aromatic carbocycles. The standard InChI is InChI=1S/C35H38N6O7S.ClH/c1-20(2)46-18-26(36-16-25-17-37-33-29(38-25)14-30(48-33)23-11-12-23)19-47-31-15-28(32-21(3)7-5-8-22(32)4)39-35(40-31)41-49(44,45)27-10-6-9-24(13-27)34(42)43;/h5-10,13-15,17,20,23,26,36H,11-12,16,18-19H2,1-4H3,(H,42,43)(H,39,40,41);1H/t26-;/m1./s1. The first kappa shape index (κ1) is 36.6. The molecule has 0 bridgehead atoms. The maximum atomic E-state index is 13.4. The molecule has 0 radical (unpaired) electrons. The Kier molecular flexibility index (Phi) is 11.4. The second kappa shape index (κ2) is 15.5. The predicted octanol–water partition coefficient (Wildman–Crippen LogP) is 6.06. The Morgan fingerprint density at radius 3 is 2.46 bits per heavy atom. The Morgan fingerprint density at radius 1 is 1.02 bits per heavy atom. The van der Waals surface area contributed by atoms with E-state index in [0.717, 1.165) is 52.6 Å². The molecule has 0 amide bonds. The molecule has 1 atom stereocenters. The first-order valence-electron chi connectivity index (χ1n) is 16.0. The summed E-state index contributed by atoms with van der Waals surface area (Å²) in [5.74, 6) is 0.0456. The van der Waals surface area contributed by atoms with Crippen molar-refractivity contribution < 1.29 is 32.2 Å². The van der Waals surface area contributed by atoms with Crippen LogP contribution in [0.3, 0.4) is 0 Å². The second-order valence-electron chi connectivity index (χ2n) is 12.4. The molecule has 50 heavy (non-hydrogen) atoms. The number of aromatic carboxylic acids is 1. The number of benzene rings is 2. The monoisotopic (exact) mass is 722 g/mol. The zero-order valence-corrected chi connectivity index (χ0v) is 29.7. The van der Waals surface area contributed by atoms with Gasteiger partial charge in [0.2, 0.25) is 17.5 Å². The summed E-state index contributed by atoms with van der Waals surface area (Å²) in [6.07, 6.45) is 3.90. The number of carboxylic acids is 1. The van der Waals surface area contributed by atoms with Gasteiger partial charge in [0.05, 0.1) is 46.8 Å². The minimum atomic E-state index is -4.26. The SMILES string of the molecule is Cc1cccc(C)c1-c1cc(OC[C@@H](COC(C)C)NCc2cnc3oc(C4CC4)cc3n2)nc(NS(=O)(=O)c2cccc(C(=O)O)c2)n1.Cl. The molecule has 3 heterocycles. The fourth-order valence-corrected chi connectivity index (χ4v) is 6.30. The van der Waals surface area contributed by atoms with E-state index >= 15 is 0 Å². The van der Waals surface area contributed by atoms with Crippen LogP contribution in [-0.4, -0.2) is 64.8 Å². The van der Waals surface area contributed by atoms with Gasteiger partial charge in [0, 0.05) is 30.2 Å². The van der Waals surface area contributed by atoms with Gasteiger partial charge in [0.25, 0.3) is 10.0 Å². The molecule has 1 saturated carbocycles. The van der Waals surface area contributed by atoms with Crippen molar-refractivity contribution in [1.82, 2.24) is 25.3 Å². The van der Waals surface area contributed by atoms with Gasteiger partial charge in [-0.1, -0.05) is 24.3 Å². The average Bonchev–Trinajstić information content (AvgIpc) is 3.82. The first-order chi connectivity index (χ1) is 23.4. The van der Waals surface area contributed by atoms with Crippen LogP contribution >= 0.6 is 12.4 Å². The zero-order valence-electron chi connectivity index (χ0n) is 28.0. The number of hydrogen-bond acceptors (Lipinski definition) is 11. The van der Waals surface area contributed by atoms with Crippen LogP contribution in [0.25, 0.3) is 22.5 Å². The number of halogens is 1. The lowest BCUT2D eigenvalue weighted by Crippen LogP contribution is -2.39. The van der Waals surface area contributed by atoms with Gasteiger partial charge < -0.3 is 24.3 Å². The van der Waals surface area contributed by atoms with Gasteiger partial charge >= 0.3 is 5.97 Å². The third-order valence-corrected chi connectivity index (χ3v) is 9.30. The van der Waals surface area contributed by atoms with E-state index in [4.69, 9.17) is 18.9 Å². The largest absolute Gasteiger partial charge is 0.478 e. The van der Waals surface area contributed by atoms with Crippen molar-refractivity contribution >= 4 is 45.6 Å². The number of furan rings is 1. The van der Waals surface area contributed by atoms with Crippen molar-refractivity contribution in [3.05, 3.63) is 88.9 Å². The van der Waals surface area contributed by atoms with E-state index in [1.807, 2.05) is 52.0 Å². The van der Waals surface area contributed by atoms with Gasteiger partial charge in [0.15, 0.2) is 0 Å². The zero-order chi connectivity index (χ0) is 34.7. The number of ether oxygens (including phenoxy) is 2. The highest BCUT2D eigenvalue weighted by atomic mass is 35.5. The molecule has 15 heteroatoms. The molecule has 0 unspecified atom stereocenters. The number of anilines is 1. The molecule has 6 rings (SSSR count). The molecule has 1 aliphatic carbocycles. The van der Waals surface area contributed by atoms with Crippen LogP contribution in [0.5, 0.6) is 5.88 Å². The van der Waals surface area contributed by atoms with Crippen LogP contribution in [-0.2, 0) is 21.3 Å². The van der Waals surface area contributed by atoms with Crippen LogP contribution in [0.2, 0.25) is 0 Å². The number of hydrogen-bond donors (Lipinski definition) is 3. The maximum absolute atomic E-state index is 13.4. The van der Waals surface area contributed by atoms with Crippen LogP contribution < -0.4 is 14.8 Å². The Morgan fingerprint density at radius 2 is 1.76 bits per heavy atom. The molecule has 5 aromatic rings. The maximum Gasteiger partial charge on any atom is 0.335 e. The van der Waals surface area contributed by atoms with Crippen molar-refractivity contribution in [3.8, 4) is 17.1 Å². The van der Waals surface area contributed by atoms with Crippen LogP contribution in [0.15, 0.2) is 70.1 Å². The molecule has 1 aliphatic rings. The molecule has 0 spiro atoms. The summed E-state index contributed by atoms with van der Waals surface area (Å²) >= 11 is 0. The number of nitrogens with zero attached hydrogens (tertiary/aromatic N) is 4. The summed E-state index contributed by atoms with van der Waals surface area (Å²) in [6.45, 7) is 8.59. The van der Waals surface area contributed by atoms with Crippen molar-refractivity contribution in [3.63, 3.8) is 0 Å². The number of nitrogens with one attached hydrogen (secondary N) is 2. The van der Waals surface area contributed by atoms with Crippen molar-refractivity contribution in [1.29, 1.82) is 0 Å². The number of rotatable bonds is 15. The molecule has 0 saturated heterocycles. The van der Waals surface area contributed by atoms with E-state index in [9.17, 15) is 18.3 Å². The normalized spacial score (nSPS) is 13.6. The number of carboxylic acid groups (broad SMARTS) is 1. The summed E-state index contributed by atoms with van der Waals surface area (Å²) in [5.41, 5.74) is 4.92. The van der Waals surface area contributed by atoms with Crippen molar-refractivity contribution in [2.24, 2.45) is 0 Å². The van der Waals surface area contributed by atoms with Crippen molar-refractivity contribution in [2.75, 3.05) is 17.9 Å². The van der Waals surface area contributed by atoms with Crippen LogP contribution in [0.4, 0.5) is 5.95 Å². The quantitative estimate of drug-likeness (QED) is 0.114. The fourth-order valence-electron chi connectivity index (χ4n) is 5.31. The topological polar surface area (TPSA) is 179 Å². The molecule has 1 fully saturated rings. The molecule has 13 nitrogen and oxygen atoms in total. The summed E-state index contributed by atoms with van der Waals surface area (Å²) < 4.78 is 47.1. The summed E-state index contributed by atoms with van der Waals surface area (Å²) in [5, 5.41) is 12.8. The van der Waals surface area contributed by atoms with E-state index in [0.29, 0.717) is 30.5 Å². The van der Waals surface area contributed by atoms with Gasteiger partial charge in [-0.25, -0.2) is 32.9 Å². The average molecular weight is 723 g/mol. The van der Waals surface area contributed by atoms with Crippen LogP contribution in [0, 0.1) is 13.8 Å². The summed E-state index contributed by atoms with van der Waals surface area (Å²) in [7, 11) is -4.26. The van der Waals surface area contributed by atoms with E-state index in [1.165, 1.54) is 18.2 Å². The predicted molar refractivity (Wildman–Crippen MR) is 189 cm³/mol. The number of sulfonamides is 1. The molecular weight excluding hydrogens is 684 g/mol. The number of fused-ring (bicyclic) bond motifs is 1. The number of aromatic nitrogens is 4. The highest BCUT2D eigenvalue weighted by Gasteiger charge is 2.28. The smallest absolute Gasteiger partial charge is 0.335 e. The molecular formula is C35H39ClN6O7S. The Labute approximate surface area is 296 Å². The number of carbonyl (C=O) groups is 1. The lowest BCUT2D eigenvalue weighted by atomic mass is 10.00. The van der Waals surface area contributed by atoms with Gasteiger partial charge in [-0.2, -0.15) is 4.98 Å². The lowest BCUT2D eigenvalue weighted by Gasteiger charge is -2.21. The highest BCUT2D eigenvalue weighted by Crippen LogP contribution is 2.41. The second-order valence-corrected chi connectivity index (χ2v) is 14.0. The van der Waals surface area contributed by atoms with Crippen LogP contribution in [0.1, 0.15) is 65.5 Å². The van der Waals surface area contributed by atoms with E-state index in [2.05, 4.69) is 25.0 Å². The Bertz CT molecular complexity index is 2080. The van der Waals surface area contributed by atoms with E-state index in [1.54, 1.807) is 12.3 Å². The third kappa shape index (κ3) is 8.93.